The molecule has 0 bridgehead atoms. The summed E-state index contributed by atoms with van der Waals surface area (Å²) in [7, 11) is 4.16. The van der Waals surface area contributed by atoms with Gasteiger partial charge >= 0.3 is 5.69 Å². The number of hydrogen-bond donors (Lipinski definition) is 2. The average Bonchev–Trinajstić information content (AvgIpc) is 2.94. The van der Waals surface area contributed by atoms with Gasteiger partial charge in [-0.1, -0.05) is 0 Å². The van der Waals surface area contributed by atoms with E-state index in [0.29, 0.717) is 25.1 Å². The van der Waals surface area contributed by atoms with Crippen molar-refractivity contribution in [1.82, 2.24) is 20.2 Å². The number of nitrogens with one attached hydrogen (secondary N) is 2. The summed E-state index contributed by atoms with van der Waals surface area (Å²) in [4.78, 5) is 32.3. The van der Waals surface area contributed by atoms with Crippen LogP contribution in [0.15, 0.2) is 4.79 Å². The number of H-pyrrole nitrogens is 1. The molecule has 1 fully saturated rings. The van der Waals surface area contributed by atoms with E-state index in [9.17, 15) is 9.59 Å². The number of likely N-dealkylation sites (N-methyl/N-ethyl adjacent to an activating group) is 1. The summed E-state index contributed by atoms with van der Waals surface area (Å²) in [6.45, 7) is 4.35. The molecule has 0 spiro atoms. The van der Waals surface area contributed by atoms with Crippen LogP contribution < -0.4 is 11.0 Å². The number of nitrogens with zero attached hydrogens (tertiary/aromatic N) is 2. The molecule has 1 atom stereocenters. The van der Waals surface area contributed by atoms with Crippen LogP contribution in [0, 0.1) is 13.8 Å². The van der Waals surface area contributed by atoms with Crippen LogP contribution in [0.1, 0.15) is 29.8 Å². The van der Waals surface area contributed by atoms with Gasteiger partial charge in [0.2, 0.25) is 5.91 Å². The van der Waals surface area contributed by atoms with Crippen molar-refractivity contribution >= 4 is 17.7 Å². The first-order valence-electron chi connectivity index (χ1n) is 7.92. The molecule has 0 saturated carbocycles. The van der Waals surface area contributed by atoms with Gasteiger partial charge in [0.25, 0.3) is 0 Å². The Kier molecular flexibility index (Phi) is 5.86. The first-order valence-corrected chi connectivity index (χ1v) is 9.08. The van der Waals surface area contributed by atoms with E-state index in [0.717, 1.165) is 29.2 Å². The van der Waals surface area contributed by atoms with Crippen LogP contribution in [-0.2, 0) is 11.2 Å². The zero-order valence-corrected chi connectivity index (χ0v) is 15.2. The Morgan fingerprint density at radius 2 is 2.17 bits per heavy atom. The zero-order chi connectivity index (χ0) is 17.0. The normalized spacial score (nSPS) is 20.9. The molecular weight excluding hydrogens is 312 g/mol. The fraction of sp³-hybridized carbons (Fsp3) is 0.688. The number of amides is 1. The number of rotatable bonds is 6. The molecular formula is C16H26N4O2S. The van der Waals surface area contributed by atoms with Crippen LogP contribution in [-0.4, -0.2) is 58.5 Å². The van der Waals surface area contributed by atoms with Crippen LogP contribution in [0.3, 0.4) is 0 Å². The van der Waals surface area contributed by atoms with Crippen molar-refractivity contribution in [3.63, 3.8) is 0 Å². The van der Waals surface area contributed by atoms with Crippen molar-refractivity contribution in [3.05, 3.63) is 27.4 Å². The van der Waals surface area contributed by atoms with Crippen LogP contribution in [0.25, 0.3) is 0 Å². The van der Waals surface area contributed by atoms with E-state index in [-0.39, 0.29) is 17.1 Å². The number of aryl methyl sites for hydroxylation is 2. The number of aromatic amines is 1. The molecule has 2 rings (SSSR count). The molecule has 0 aliphatic carbocycles. The molecule has 1 aliphatic rings. The summed E-state index contributed by atoms with van der Waals surface area (Å²) in [6.07, 6.45) is 2.11. The highest BCUT2D eigenvalue weighted by atomic mass is 32.2. The third-order valence-electron chi connectivity index (χ3n) is 4.70. The molecule has 1 aromatic rings. The molecule has 128 valence electrons. The zero-order valence-electron chi connectivity index (χ0n) is 14.4. The maximum Gasteiger partial charge on any atom is 0.345 e. The molecule has 0 aromatic carbocycles. The molecule has 2 heterocycles. The lowest BCUT2D eigenvalue weighted by molar-refractivity contribution is -0.121. The second-order valence-corrected chi connectivity index (χ2v) is 7.53. The minimum Gasteiger partial charge on any atom is -0.354 e. The summed E-state index contributed by atoms with van der Waals surface area (Å²) >= 11 is 1.94. The molecule has 0 unspecified atom stereocenters. The number of thioether (sulfide) groups is 1. The van der Waals surface area contributed by atoms with Crippen LogP contribution in [0.5, 0.6) is 0 Å². The van der Waals surface area contributed by atoms with Crippen LogP contribution in [0.4, 0.5) is 0 Å². The van der Waals surface area contributed by atoms with Gasteiger partial charge in [-0.15, -0.1) is 0 Å². The van der Waals surface area contributed by atoms with Crippen molar-refractivity contribution in [3.8, 4) is 0 Å². The van der Waals surface area contributed by atoms with Gasteiger partial charge in [0.05, 0.1) is 0 Å². The Balaban J connectivity index is 1.90. The number of hydrogen-bond acceptors (Lipinski definition) is 5. The smallest absolute Gasteiger partial charge is 0.345 e. The fourth-order valence-electron chi connectivity index (χ4n) is 2.96. The highest BCUT2D eigenvalue weighted by molar-refractivity contribution is 7.99. The fourth-order valence-corrected chi connectivity index (χ4v) is 4.51. The summed E-state index contributed by atoms with van der Waals surface area (Å²) in [5.41, 5.74) is 2.20. The monoisotopic (exact) mass is 338 g/mol. The van der Waals surface area contributed by atoms with Gasteiger partial charge < -0.3 is 15.2 Å². The molecule has 1 aromatic heterocycles. The van der Waals surface area contributed by atoms with E-state index in [1.165, 1.54) is 0 Å². The minimum atomic E-state index is -0.333. The van der Waals surface area contributed by atoms with Gasteiger partial charge in [-0.25, -0.2) is 4.79 Å². The van der Waals surface area contributed by atoms with Gasteiger partial charge in [-0.3, -0.25) is 4.79 Å². The van der Waals surface area contributed by atoms with E-state index >= 15 is 0 Å². The maximum absolute atomic E-state index is 12.2. The highest BCUT2D eigenvalue weighted by Gasteiger charge is 2.36. The van der Waals surface area contributed by atoms with E-state index < -0.39 is 0 Å². The molecule has 1 aliphatic heterocycles. The molecule has 1 amide bonds. The van der Waals surface area contributed by atoms with Gasteiger partial charge in [0.1, 0.15) is 0 Å². The molecule has 0 radical (unpaired) electrons. The molecule has 2 N–H and O–H groups in total. The first kappa shape index (κ1) is 18.0. The van der Waals surface area contributed by atoms with Crippen LogP contribution >= 0.6 is 11.8 Å². The average molecular weight is 338 g/mol. The Morgan fingerprint density at radius 1 is 1.43 bits per heavy atom. The molecule has 6 nitrogen and oxygen atoms in total. The standard InChI is InChI=1S/C16H26N4O2S/c1-11-13(12(2)19-15(22)18-11)5-6-14(21)17-9-16(20(3)4)7-8-23-10-16/h5-10H2,1-4H3,(H,17,21)(H,18,19,22)/t16-/m0/s1. The summed E-state index contributed by atoms with van der Waals surface area (Å²) in [6, 6.07) is 0. The third-order valence-corrected chi connectivity index (χ3v) is 5.94. The van der Waals surface area contributed by atoms with E-state index in [4.69, 9.17) is 0 Å². The Morgan fingerprint density at radius 3 is 2.74 bits per heavy atom. The van der Waals surface area contributed by atoms with Crippen molar-refractivity contribution in [2.75, 3.05) is 32.1 Å². The number of carbonyl (C=O) groups excluding carboxylic acids is 1. The first-order chi connectivity index (χ1) is 10.8. The minimum absolute atomic E-state index is 0.0492. The Hall–Kier alpha value is -1.34. The van der Waals surface area contributed by atoms with Crippen molar-refractivity contribution in [1.29, 1.82) is 0 Å². The predicted molar refractivity (Wildman–Crippen MR) is 94.0 cm³/mol. The topological polar surface area (TPSA) is 78.1 Å². The van der Waals surface area contributed by atoms with Gasteiger partial charge in [-0.05, 0) is 52.1 Å². The predicted octanol–water partition coefficient (Wildman–Crippen LogP) is 0.873. The van der Waals surface area contributed by atoms with Crippen molar-refractivity contribution < 1.29 is 4.79 Å². The van der Waals surface area contributed by atoms with Gasteiger partial charge in [-0.2, -0.15) is 16.7 Å². The summed E-state index contributed by atoms with van der Waals surface area (Å²) < 4.78 is 0. The Bertz CT molecular complexity index is 595. The van der Waals surface area contributed by atoms with E-state index in [1.807, 2.05) is 25.6 Å². The lowest BCUT2D eigenvalue weighted by Crippen LogP contribution is -2.53. The van der Waals surface area contributed by atoms with Crippen molar-refractivity contribution in [2.45, 2.75) is 38.6 Å². The third kappa shape index (κ3) is 4.35. The van der Waals surface area contributed by atoms with E-state index in [2.05, 4.69) is 34.3 Å². The number of aromatic nitrogens is 2. The molecule has 23 heavy (non-hydrogen) atoms. The summed E-state index contributed by atoms with van der Waals surface area (Å²) in [5, 5.41) is 3.08. The quantitative estimate of drug-likeness (QED) is 0.805. The second-order valence-electron chi connectivity index (χ2n) is 6.43. The number of carbonyl (C=O) groups is 1. The van der Waals surface area contributed by atoms with E-state index in [1.54, 1.807) is 0 Å². The lowest BCUT2D eigenvalue weighted by Gasteiger charge is -2.35. The molecule has 7 heteroatoms. The Labute approximate surface area is 141 Å². The second kappa shape index (κ2) is 7.49. The van der Waals surface area contributed by atoms with Crippen LogP contribution in [0.2, 0.25) is 0 Å². The molecule has 1 saturated heterocycles. The van der Waals surface area contributed by atoms with Crippen molar-refractivity contribution in [2.24, 2.45) is 0 Å². The highest BCUT2D eigenvalue weighted by Crippen LogP contribution is 2.31. The largest absolute Gasteiger partial charge is 0.354 e. The van der Waals surface area contributed by atoms with Gasteiger partial charge in [0, 0.05) is 35.6 Å². The van der Waals surface area contributed by atoms with Gasteiger partial charge in [0.15, 0.2) is 0 Å². The maximum atomic E-state index is 12.2. The SMILES string of the molecule is Cc1nc(=O)[nH]c(C)c1CCC(=O)NC[C@@]1(N(C)C)CCSC1. The summed E-state index contributed by atoms with van der Waals surface area (Å²) in [5.74, 6) is 2.26. The lowest BCUT2D eigenvalue weighted by atomic mass is 9.97.